The Labute approximate surface area is 110 Å². The Morgan fingerprint density at radius 2 is 2.00 bits per heavy atom. The van der Waals surface area contributed by atoms with Crippen LogP contribution in [0.4, 0.5) is 0 Å². The van der Waals surface area contributed by atoms with Gasteiger partial charge in [0.05, 0.1) is 0 Å². The molecular formula is C15H24N2O. The molecule has 1 aliphatic heterocycles. The van der Waals surface area contributed by atoms with E-state index in [0.29, 0.717) is 18.6 Å². The molecule has 0 radical (unpaired) electrons. The fourth-order valence-electron chi connectivity index (χ4n) is 2.83. The molecule has 1 saturated heterocycles. The monoisotopic (exact) mass is 248 g/mol. The molecule has 2 atom stereocenters. The van der Waals surface area contributed by atoms with Gasteiger partial charge in [0.25, 0.3) is 0 Å². The van der Waals surface area contributed by atoms with E-state index in [1.807, 2.05) is 0 Å². The molecule has 2 rings (SSSR count). The molecule has 18 heavy (non-hydrogen) atoms. The zero-order chi connectivity index (χ0) is 13.0. The highest BCUT2D eigenvalue weighted by atomic mass is 16.3. The second-order valence-electron chi connectivity index (χ2n) is 5.48. The van der Waals surface area contributed by atoms with Gasteiger partial charge in [0, 0.05) is 25.7 Å². The number of hydrogen-bond donors (Lipinski definition) is 1. The van der Waals surface area contributed by atoms with Gasteiger partial charge < -0.3 is 10.0 Å². The molecule has 1 aliphatic rings. The summed E-state index contributed by atoms with van der Waals surface area (Å²) in [4.78, 5) is 4.74. The van der Waals surface area contributed by atoms with Crippen LogP contribution in [0.5, 0.6) is 0 Å². The second kappa shape index (κ2) is 6.32. The predicted octanol–water partition coefficient (Wildman–Crippen LogP) is 1.43. The van der Waals surface area contributed by atoms with Crippen LogP contribution in [0.3, 0.4) is 0 Å². The zero-order valence-electron chi connectivity index (χ0n) is 11.4. The van der Waals surface area contributed by atoms with Crippen LogP contribution in [-0.2, 0) is 6.54 Å². The summed E-state index contributed by atoms with van der Waals surface area (Å²) in [5.41, 5.74) is 1.37. The zero-order valence-corrected chi connectivity index (χ0v) is 11.4. The molecular weight excluding hydrogens is 224 g/mol. The molecule has 3 heteroatoms. The highest BCUT2D eigenvalue weighted by Gasteiger charge is 2.29. The van der Waals surface area contributed by atoms with Gasteiger partial charge in [-0.25, -0.2) is 0 Å². The average molecular weight is 248 g/mol. The van der Waals surface area contributed by atoms with Crippen molar-refractivity contribution in [2.45, 2.75) is 19.0 Å². The van der Waals surface area contributed by atoms with E-state index in [9.17, 15) is 5.11 Å². The van der Waals surface area contributed by atoms with Gasteiger partial charge in [-0.3, -0.25) is 4.90 Å². The van der Waals surface area contributed by atoms with Crippen LogP contribution < -0.4 is 0 Å². The van der Waals surface area contributed by atoms with E-state index >= 15 is 0 Å². The molecule has 100 valence electrons. The Morgan fingerprint density at radius 1 is 1.28 bits per heavy atom. The smallest absolute Gasteiger partial charge is 0.0475 e. The summed E-state index contributed by atoms with van der Waals surface area (Å²) in [5.74, 6) is 0.423. The maximum atomic E-state index is 9.44. The van der Waals surface area contributed by atoms with Crippen molar-refractivity contribution >= 4 is 0 Å². The molecule has 1 fully saturated rings. The minimum absolute atomic E-state index is 0.308. The number of piperidine rings is 1. The standard InChI is InChI=1S/C15H24N2O/c1-16(2)15-11-17(9-8-14(15)12-18)10-13-6-4-3-5-7-13/h3-7,14-15,18H,8-12H2,1-2H3/t14-,15+/m1/s1. The summed E-state index contributed by atoms with van der Waals surface area (Å²) in [7, 11) is 4.22. The van der Waals surface area contributed by atoms with Gasteiger partial charge in [0.15, 0.2) is 0 Å². The van der Waals surface area contributed by atoms with E-state index in [0.717, 1.165) is 26.1 Å². The molecule has 1 aromatic rings. The number of benzene rings is 1. The van der Waals surface area contributed by atoms with Crippen molar-refractivity contribution in [2.24, 2.45) is 5.92 Å². The van der Waals surface area contributed by atoms with Gasteiger partial charge in [0.2, 0.25) is 0 Å². The first-order chi connectivity index (χ1) is 8.70. The van der Waals surface area contributed by atoms with Crippen LogP contribution in [0.1, 0.15) is 12.0 Å². The lowest BCUT2D eigenvalue weighted by Gasteiger charge is -2.41. The summed E-state index contributed by atoms with van der Waals surface area (Å²) in [6, 6.07) is 11.1. The molecule has 0 aromatic heterocycles. The number of hydrogen-bond acceptors (Lipinski definition) is 3. The van der Waals surface area contributed by atoms with E-state index in [2.05, 4.69) is 54.2 Å². The Hall–Kier alpha value is -0.900. The van der Waals surface area contributed by atoms with E-state index < -0.39 is 0 Å². The van der Waals surface area contributed by atoms with Crippen molar-refractivity contribution in [2.75, 3.05) is 33.8 Å². The number of likely N-dealkylation sites (N-methyl/N-ethyl adjacent to an activating group) is 1. The second-order valence-corrected chi connectivity index (χ2v) is 5.48. The molecule has 1 N–H and O–H groups in total. The number of nitrogens with zero attached hydrogens (tertiary/aromatic N) is 2. The molecule has 1 heterocycles. The first-order valence-electron chi connectivity index (χ1n) is 6.74. The van der Waals surface area contributed by atoms with Crippen LogP contribution in [0.2, 0.25) is 0 Å². The normalized spacial score (nSPS) is 25.6. The van der Waals surface area contributed by atoms with Gasteiger partial charge in [-0.2, -0.15) is 0 Å². The van der Waals surface area contributed by atoms with Gasteiger partial charge in [0.1, 0.15) is 0 Å². The fourth-order valence-corrected chi connectivity index (χ4v) is 2.83. The summed E-state index contributed by atoms with van der Waals surface area (Å²) >= 11 is 0. The highest BCUT2D eigenvalue weighted by Crippen LogP contribution is 2.22. The SMILES string of the molecule is CN(C)[C@H]1CN(Cc2ccccc2)CC[C@@H]1CO. The quantitative estimate of drug-likeness (QED) is 0.873. The Balaban J connectivity index is 1.96. The van der Waals surface area contributed by atoms with E-state index in [1.54, 1.807) is 0 Å². The Morgan fingerprint density at radius 3 is 2.61 bits per heavy atom. The third-order valence-electron chi connectivity index (χ3n) is 3.95. The summed E-state index contributed by atoms with van der Waals surface area (Å²) in [5, 5.41) is 9.44. The third-order valence-corrected chi connectivity index (χ3v) is 3.95. The van der Waals surface area contributed by atoms with Crippen molar-refractivity contribution in [3.8, 4) is 0 Å². The van der Waals surface area contributed by atoms with Crippen molar-refractivity contribution in [3.05, 3.63) is 35.9 Å². The lowest BCUT2D eigenvalue weighted by atomic mass is 9.91. The summed E-state index contributed by atoms with van der Waals surface area (Å²) in [6.45, 7) is 3.46. The molecule has 1 aromatic carbocycles. The minimum atomic E-state index is 0.308. The first kappa shape index (κ1) is 13.5. The van der Waals surface area contributed by atoms with Crippen LogP contribution in [-0.4, -0.2) is 54.7 Å². The highest BCUT2D eigenvalue weighted by molar-refractivity contribution is 5.14. The summed E-state index contributed by atoms with van der Waals surface area (Å²) < 4.78 is 0. The largest absolute Gasteiger partial charge is 0.396 e. The van der Waals surface area contributed by atoms with Crippen LogP contribution in [0.15, 0.2) is 30.3 Å². The average Bonchev–Trinajstić information content (AvgIpc) is 2.40. The first-order valence-corrected chi connectivity index (χ1v) is 6.74. The van der Waals surface area contributed by atoms with Gasteiger partial charge in [-0.1, -0.05) is 30.3 Å². The number of aliphatic hydroxyl groups excluding tert-OH is 1. The van der Waals surface area contributed by atoms with Gasteiger partial charge in [-0.05, 0) is 38.5 Å². The van der Waals surface area contributed by atoms with Crippen molar-refractivity contribution < 1.29 is 5.11 Å². The Kier molecular flexibility index (Phi) is 4.75. The predicted molar refractivity (Wildman–Crippen MR) is 74.4 cm³/mol. The number of aliphatic hydroxyl groups is 1. The molecule has 0 saturated carbocycles. The number of likely N-dealkylation sites (tertiary alicyclic amines) is 1. The van der Waals surface area contributed by atoms with Gasteiger partial charge >= 0.3 is 0 Å². The molecule has 0 unspecified atom stereocenters. The maximum Gasteiger partial charge on any atom is 0.0475 e. The van der Waals surface area contributed by atoms with E-state index in [-0.39, 0.29) is 0 Å². The van der Waals surface area contributed by atoms with E-state index in [1.165, 1.54) is 5.56 Å². The minimum Gasteiger partial charge on any atom is -0.396 e. The molecule has 0 spiro atoms. The summed E-state index contributed by atoms with van der Waals surface area (Å²) in [6.07, 6.45) is 1.09. The van der Waals surface area contributed by atoms with Crippen LogP contribution in [0, 0.1) is 5.92 Å². The molecule has 3 nitrogen and oxygen atoms in total. The third kappa shape index (κ3) is 3.31. The van der Waals surface area contributed by atoms with Gasteiger partial charge in [-0.15, -0.1) is 0 Å². The number of rotatable bonds is 4. The molecule has 0 aliphatic carbocycles. The Bertz CT molecular complexity index is 353. The molecule has 0 amide bonds. The van der Waals surface area contributed by atoms with Crippen LogP contribution >= 0.6 is 0 Å². The van der Waals surface area contributed by atoms with Crippen molar-refractivity contribution in [1.82, 2.24) is 9.80 Å². The topological polar surface area (TPSA) is 26.7 Å². The molecule has 0 bridgehead atoms. The lowest BCUT2D eigenvalue weighted by molar-refractivity contribution is 0.0461. The lowest BCUT2D eigenvalue weighted by Crippen LogP contribution is -2.51. The van der Waals surface area contributed by atoms with Crippen molar-refractivity contribution in [3.63, 3.8) is 0 Å². The maximum absolute atomic E-state index is 9.44. The fraction of sp³-hybridized carbons (Fsp3) is 0.600. The van der Waals surface area contributed by atoms with Crippen molar-refractivity contribution in [1.29, 1.82) is 0 Å². The van der Waals surface area contributed by atoms with E-state index in [4.69, 9.17) is 0 Å². The van der Waals surface area contributed by atoms with Crippen LogP contribution in [0.25, 0.3) is 0 Å².